The van der Waals surface area contributed by atoms with Crippen molar-refractivity contribution in [3.05, 3.63) is 168 Å². The molecule has 0 aromatic heterocycles. The molecule has 0 atom stereocenters. The second-order valence-electron chi connectivity index (χ2n) is 12.1. The zero-order valence-corrected chi connectivity index (χ0v) is 26.5. The Morgan fingerprint density at radius 2 is 0.708 bits per heavy atom. The van der Waals surface area contributed by atoms with Crippen LogP contribution in [0.25, 0.3) is 54.2 Å². The molecular weight excluding hydrogens is 592 g/mol. The normalized spacial score (nSPS) is 11.3. The van der Waals surface area contributed by atoms with Crippen molar-refractivity contribution >= 4 is 55.0 Å². The number of aryl methyl sites for hydroxylation is 2. The summed E-state index contributed by atoms with van der Waals surface area (Å²) in [6, 6.07) is 46.9. The average molecular weight is 623 g/mol. The van der Waals surface area contributed by atoms with Crippen LogP contribution in [0.4, 0.5) is 0 Å². The van der Waals surface area contributed by atoms with Crippen LogP contribution >= 0.6 is 0 Å². The maximum absolute atomic E-state index is 13.5. The first-order chi connectivity index (χ1) is 23.5. The van der Waals surface area contributed by atoms with E-state index in [1.54, 1.807) is 24.3 Å². The van der Waals surface area contributed by atoms with Crippen LogP contribution in [0, 0.1) is 13.8 Å². The number of carbonyl (C=O) groups is 2. The van der Waals surface area contributed by atoms with Crippen molar-refractivity contribution in [1.29, 1.82) is 0 Å². The Kier molecular flexibility index (Phi) is 7.19. The molecule has 8 rings (SSSR count). The van der Waals surface area contributed by atoms with Crippen LogP contribution in [-0.2, 0) is 0 Å². The number of benzene rings is 8. The number of carbonyl (C=O) groups excluding carboxylic acids is 2. The fourth-order valence-corrected chi connectivity index (χ4v) is 6.72. The highest BCUT2D eigenvalue weighted by Crippen LogP contribution is 2.50. The molecule has 0 heterocycles. The third-order valence-corrected chi connectivity index (χ3v) is 8.92. The van der Waals surface area contributed by atoms with Gasteiger partial charge in [-0.3, -0.25) is 0 Å². The number of ether oxygens (including phenoxy) is 2. The zero-order valence-electron chi connectivity index (χ0n) is 26.5. The van der Waals surface area contributed by atoms with Crippen LogP contribution in [0.5, 0.6) is 11.5 Å². The van der Waals surface area contributed by atoms with E-state index >= 15 is 0 Å². The van der Waals surface area contributed by atoms with Gasteiger partial charge in [0.15, 0.2) is 0 Å². The maximum atomic E-state index is 13.5. The molecule has 4 heteroatoms. The van der Waals surface area contributed by atoms with Crippen molar-refractivity contribution in [3.63, 3.8) is 0 Å². The van der Waals surface area contributed by atoms with Gasteiger partial charge in [-0.25, -0.2) is 9.59 Å². The van der Waals surface area contributed by atoms with E-state index in [-0.39, 0.29) is 0 Å². The van der Waals surface area contributed by atoms with E-state index in [1.165, 1.54) is 0 Å². The van der Waals surface area contributed by atoms with Crippen molar-refractivity contribution in [1.82, 2.24) is 0 Å². The summed E-state index contributed by atoms with van der Waals surface area (Å²) in [7, 11) is 0. The summed E-state index contributed by atoms with van der Waals surface area (Å²) >= 11 is 0. The van der Waals surface area contributed by atoms with Crippen LogP contribution in [-0.4, -0.2) is 11.9 Å². The molecule has 4 nitrogen and oxygen atoms in total. The largest absolute Gasteiger partial charge is 0.422 e. The molecule has 0 radical (unpaired) electrons. The molecule has 8 aromatic rings. The summed E-state index contributed by atoms with van der Waals surface area (Å²) in [6.07, 6.45) is 0. The molecule has 0 N–H and O–H groups in total. The lowest BCUT2D eigenvalue weighted by Crippen LogP contribution is -2.09. The molecule has 0 aliphatic rings. The third kappa shape index (κ3) is 4.95. The molecule has 0 saturated carbocycles. The van der Waals surface area contributed by atoms with Crippen LogP contribution < -0.4 is 9.47 Å². The predicted octanol–water partition coefficient (Wildman–Crippen LogP) is 11.0. The number of fused-ring (bicyclic) bond motifs is 4. The predicted molar refractivity (Wildman–Crippen MR) is 194 cm³/mol. The van der Waals surface area contributed by atoms with Crippen molar-refractivity contribution in [2.24, 2.45) is 0 Å². The minimum atomic E-state index is -0.410. The standard InChI is InChI=1S/C44H30O4/c1-27-21-23-33-37(25-27)41(47-43(45)29-13-5-3-6-14-29)35-19-11-9-17-31(35)39(33)40-32-18-10-12-20-36(32)42(38-26-28(2)22-24-34(38)40)48-44(46)30-15-7-4-8-16-30/h3-26H,1-2H3. The first kappa shape index (κ1) is 29.2. The molecule has 0 unspecified atom stereocenters. The first-order valence-electron chi connectivity index (χ1n) is 15.9. The van der Waals surface area contributed by atoms with E-state index in [0.717, 1.165) is 65.3 Å². The van der Waals surface area contributed by atoms with Gasteiger partial charge < -0.3 is 9.47 Å². The number of esters is 2. The molecule has 8 aromatic carbocycles. The molecule has 230 valence electrons. The smallest absolute Gasteiger partial charge is 0.343 e. The minimum absolute atomic E-state index is 0.410. The van der Waals surface area contributed by atoms with E-state index < -0.39 is 11.9 Å². The van der Waals surface area contributed by atoms with Crippen LogP contribution in [0.1, 0.15) is 31.8 Å². The van der Waals surface area contributed by atoms with Gasteiger partial charge in [-0.2, -0.15) is 0 Å². The molecule has 0 spiro atoms. The van der Waals surface area contributed by atoms with E-state index in [2.05, 4.69) is 48.5 Å². The topological polar surface area (TPSA) is 52.6 Å². The highest BCUT2D eigenvalue weighted by atomic mass is 16.5. The van der Waals surface area contributed by atoms with Gasteiger partial charge >= 0.3 is 11.9 Å². The number of rotatable bonds is 5. The number of hydrogen-bond donors (Lipinski definition) is 0. The Bertz CT molecular complexity index is 2370. The van der Waals surface area contributed by atoms with Gasteiger partial charge in [-0.05, 0) is 82.9 Å². The Hall–Kier alpha value is -6.26. The molecule has 0 fully saturated rings. The van der Waals surface area contributed by atoms with Crippen molar-refractivity contribution in [3.8, 4) is 22.6 Å². The summed E-state index contributed by atoms with van der Waals surface area (Å²) in [5.74, 6) is 0.235. The summed E-state index contributed by atoms with van der Waals surface area (Å²) in [4.78, 5) is 27.0. The lowest BCUT2D eigenvalue weighted by molar-refractivity contribution is 0.0730. The average Bonchev–Trinajstić information content (AvgIpc) is 3.13. The van der Waals surface area contributed by atoms with E-state index in [0.29, 0.717) is 22.6 Å². The summed E-state index contributed by atoms with van der Waals surface area (Å²) in [5.41, 5.74) is 5.11. The molecule has 0 bridgehead atoms. The number of hydrogen-bond acceptors (Lipinski definition) is 4. The van der Waals surface area contributed by atoms with Crippen molar-refractivity contribution < 1.29 is 19.1 Å². The fraction of sp³-hybridized carbons (Fsp3) is 0.0455. The van der Waals surface area contributed by atoms with Gasteiger partial charge in [-0.1, -0.05) is 120 Å². The minimum Gasteiger partial charge on any atom is -0.422 e. The van der Waals surface area contributed by atoms with Crippen molar-refractivity contribution in [2.75, 3.05) is 0 Å². The Balaban J connectivity index is 1.46. The second-order valence-corrected chi connectivity index (χ2v) is 12.1. The molecule has 0 saturated heterocycles. The van der Waals surface area contributed by atoms with Crippen LogP contribution in [0.2, 0.25) is 0 Å². The van der Waals surface area contributed by atoms with Gasteiger partial charge in [0.05, 0.1) is 11.1 Å². The maximum Gasteiger partial charge on any atom is 0.343 e. The summed E-state index contributed by atoms with van der Waals surface area (Å²) in [5, 5.41) is 7.16. The highest BCUT2D eigenvalue weighted by Gasteiger charge is 2.24. The summed E-state index contributed by atoms with van der Waals surface area (Å²) in [6.45, 7) is 4.08. The van der Waals surface area contributed by atoms with Gasteiger partial charge in [-0.15, -0.1) is 0 Å². The quantitative estimate of drug-likeness (QED) is 0.109. The van der Waals surface area contributed by atoms with Gasteiger partial charge in [0.1, 0.15) is 11.5 Å². The Morgan fingerprint density at radius 1 is 0.375 bits per heavy atom. The third-order valence-electron chi connectivity index (χ3n) is 8.92. The van der Waals surface area contributed by atoms with E-state index in [9.17, 15) is 9.59 Å². The Labute approximate surface area is 277 Å². The monoisotopic (exact) mass is 622 g/mol. The molecule has 0 aliphatic carbocycles. The van der Waals surface area contributed by atoms with Gasteiger partial charge in [0, 0.05) is 21.5 Å². The van der Waals surface area contributed by atoms with Crippen LogP contribution in [0.3, 0.4) is 0 Å². The highest BCUT2D eigenvalue weighted by molar-refractivity contribution is 6.27. The fourth-order valence-electron chi connectivity index (χ4n) is 6.72. The van der Waals surface area contributed by atoms with Gasteiger partial charge in [0.2, 0.25) is 0 Å². The van der Waals surface area contributed by atoms with Crippen molar-refractivity contribution in [2.45, 2.75) is 13.8 Å². The lowest BCUT2D eigenvalue weighted by Gasteiger charge is -2.21. The zero-order chi connectivity index (χ0) is 32.8. The van der Waals surface area contributed by atoms with E-state index in [1.807, 2.05) is 86.6 Å². The van der Waals surface area contributed by atoms with E-state index in [4.69, 9.17) is 9.47 Å². The first-order valence-corrected chi connectivity index (χ1v) is 15.9. The van der Waals surface area contributed by atoms with Gasteiger partial charge in [0.25, 0.3) is 0 Å². The molecule has 0 amide bonds. The molecular formula is C44H30O4. The SMILES string of the molecule is Cc1ccc2c(-c3c4ccccc4c(OC(=O)c4ccccc4)c4cc(C)ccc34)c3ccccc3c(OC(=O)c3ccccc3)c2c1. The Morgan fingerprint density at radius 3 is 1.10 bits per heavy atom. The molecule has 0 aliphatic heterocycles. The van der Waals surface area contributed by atoms with Crippen LogP contribution in [0.15, 0.2) is 146 Å². The summed E-state index contributed by atoms with van der Waals surface area (Å²) < 4.78 is 12.5. The second kappa shape index (κ2) is 11.8. The lowest BCUT2D eigenvalue weighted by atomic mass is 9.85. The molecule has 48 heavy (non-hydrogen) atoms.